The fourth-order valence-corrected chi connectivity index (χ4v) is 5.89. The average molecular weight is 530 g/mol. The van der Waals surface area contributed by atoms with Gasteiger partial charge in [-0.05, 0) is 37.8 Å². The number of carbonyl (C=O) groups excluding carboxylic acids is 2. The van der Waals surface area contributed by atoms with Crippen LogP contribution < -0.4 is 15.8 Å². The van der Waals surface area contributed by atoms with E-state index < -0.39 is 6.09 Å². The molecule has 206 valence electrons. The van der Waals surface area contributed by atoms with Crippen LogP contribution in [0.3, 0.4) is 0 Å². The Kier molecular flexibility index (Phi) is 8.74. The van der Waals surface area contributed by atoms with Gasteiger partial charge in [0.1, 0.15) is 5.75 Å². The molecule has 1 aromatic heterocycles. The van der Waals surface area contributed by atoms with Crippen molar-refractivity contribution in [2.45, 2.75) is 51.6 Å². The minimum atomic E-state index is -0.450. The Morgan fingerprint density at radius 1 is 1.08 bits per heavy atom. The molecule has 2 heterocycles. The lowest BCUT2D eigenvalue weighted by atomic mass is 9.85. The molecule has 3 N–H and O–H groups in total. The highest BCUT2D eigenvalue weighted by molar-refractivity contribution is 5.92. The molecule has 1 aliphatic carbocycles. The summed E-state index contributed by atoms with van der Waals surface area (Å²) < 4.78 is 6.18. The lowest BCUT2D eigenvalue weighted by Gasteiger charge is -2.34. The van der Waals surface area contributed by atoms with E-state index in [0.717, 1.165) is 40.6 Å². The van der Waals surface area contributed by atoms with Gasteiger partial charge in [0, 0.05) is 55.3 Å². The summed E-state index contributed by atoms with van der Waals surface area (Å²) in [7, 11) is 0. The van der Waals surface area contributed by atoms with Crippen LogP contribution in [0.4, 0.5) is 4.79 Å². The SMILES string of the molecule is C[C@H](NC(=O)Oc1c(CN2CCN(CCN)C(=O)C2)c(-c2ccccc2)nc2ccccc12)C1CCCCC1. The van der Waals surface area contributed by atoms with Crippen LogP contribution in [0, 0.1) is 5.92 Å². The molecule has 2 aromatic carbocycles. The number of fused-ring (bicyclic) bond motifs is 1. The number of carbonyl (C=O) groups is 2. The average Bonchev–Trinajstić information content (AvgIpc) is 2.96. The molecular weight excluding hydrogens is 490 g/mol. The third-order valence-corrected chi connectivity index (χ3v) is 8.06. The number of piperazine rings is 1. The maximum absolute atomic E-state index is 13.3. The second-order valence-corrected chi connectivity index (χ2v) is 10.8. The highest BCUT2D eigenvalue weighted by Gasteiger charge is 2.28. The molecule has 1 aliphatic heterocycles. The Hall–Kier alpha value is -3.49. The number of para-hydroxylation sites is 1. The van der Waals surface area contributed by atoms with Gasteiger partial charge < -0.3 is 20.7 Å². The van der Waals surface area contributed by atoms with Crippen LogP contribution in [0.25, 0.3) is 22.2 Å². The molecule has 1 saturated carbocycles. The molecule has 3 aromatic rings. The predicted molar refractivity (Wildman–Crippen MR) is 153 cm³/mol. The number of rotatable bonds is 8. The normalized spacial score (nSPS) is 17.8. The molecule has 5 rings (SSSR count). The Bertz CT molecular complexity index is 1290. The van der Waals surface area contributed by atoms with E-state index in [1.54, 1.807) is 0 Å². The van der Waals surface area contributed by atoms with Crippen molar-refractivity contribution in [1.82, 2.24) is 20.1 Å². The number of hydrogen-bond acceptors (Lipinski definition) is 6. The number of benzene rings is 2. The lowest BCUT2D eigenvalue weighted by Crippen LogP contribution is -2.51. The highest BCUT2D eigenvalue weighted by Crippen LogP contribution is 2.37. The van der Waals surface area contributed by atoms with Crippen LogP contribution >= 0.6 is 0 Å². The van der Waals surface area contributed by atoms with Crippen molar-refractivity contribution >= 4 is 22.9 Å². The fourth-order valence-electron chi connectivity index (χ4n) is 5.89. The largest absolute Gasteiger partial charge is 0.412 e. The number of amides is 2. The molecule has 2 fully saturated rings. The van der Waals surface area contributed by atoms with Crippen molar-refractivity contribution in [3.63, 3.8) is 0 Å². The van der Waals surface area contributed by atoms with E-state index in [4.69, 9.17) is 15.5 Å². The topological polar surface area (TPSA) is 101 Å². The summed E-state index contributed by atoms with van der Waals surface area (Å²) in [5.74, 6) is 1.03. The van der Waals surface area contributed by atoms with Crippen molar-refractivity contribution in [2.24, 2.45) is 11.7 Å². The minimum Gasteiger partial charge on any atom is -0.409 e. The Balaban J connectivity index is 1.49. The second kappa shape index (κ2) is 12.6. The molecule has 2 amide bonds. The summed E-state index contributed by atoms with van der Waals surface area (Å²) >= 11 is 0. The van der Waals surface area contributed by atoms with E-state index in [1.165, 1.54) is 19.3 Å². The first-order valence-corrected chi connectivity index (χ1v) is 14.2. The van der Waals surface area contributed by atoms with Crippen molar-refractivity contribution in [3.8, 4) is 17.0 Å². The number of ether oxygens (including phenoxy) is 1. The Labute approximate surface area is 230 Å². The van der Waals surface area contributed by atoms with Gasteiger partial charge in [0.15, 0.2) is 0 Å². The molecule has 0 bridgehead atoms. The summed E-state index contributed by atoms with van der Waals surface area (Å²) in [4.78, 5) is 35.1. The number of aromatic nitrogens is 1. The van der Waals surface area contributed by atoms with Gasteiger partial charge >= 0.3 is 6.09 Å². The van der Waals surface area contributed by atoms with Crippen molar-refractivity contribution in [2.75, 3.05) is 32.7 Å². The van der Waals surface area contributed by atoms with Gasteiger partial charge in [0.2, 0.25) is 5.91 Å². The highest BCUT2D eigenvalue weighted by atomic mass is 16.6. The maximum Gasteiger partial charge on any atom is 0.412 e. The van der Waals surface area contributed by atoms with Crippen LogP contribution in [-0.2, 0) is 11.3 Å². The van der Waals surface area contributed by atoms with Crippen LogP contribution in [-0.4, -0.2) is 65.5 Å². The molecule has 2 aliphatic rings. The van der Waals surface area contributed by atoms with Crippen LogP contribution in [0.5, 0.6) is 5.75 Å². The van der Waals surface area contributed by atoms with E-state index in [2.05, 4.69) is 17.1 Å². The summed E-state index contributed by atoms with van der Waals surface area (Å²) in [6, 6.07) is 17.7. The van der Waals surface area contributed by atoms with Crippen molar-refractivity contribution < 1.29 is 14.3 Å². The van der Waals surface area contributed by atoms with Gasteiger partial charge in [-0.25, -0.2) is 9.78 Å². The molecular formula is C31H39N5O3. The zero-order valence-electron chi connectivity index (χ0n) is 22.8. The molecule has 1 saturated heterocycles. The maximum atomic E-state index is 13.3. The quantitative estimate of drug-likeness (QED) is 0.444. The monoisotopic (exact) mass is 529 g/mol. The molecule has 0 unspecified atom stereocenters. The second-order valence-electron chi connectivity index (χ2n) is 10.8. The van der Waals surface area contributed by atoms with Gasteiger partial charge in [-0.2, -0.15) is 0 Å². The summed E-state index contributed by atoms with van der Waals surface area (Å²) in [5, 5.41) is 3.89. The molecule has 8 heteroatoms. The molecule has 1 atom stereocenters. The number of nitrogens with zero attached hydrogens (tertiary/aromatic N) is 3. The van der Waals surface area contributed by atoms with E-state index in [-0.39, 0.29) is 18.5 Å². The summed E-state index contributed by atoms with van der Waals surface area (Å²) in [6.07, 6.45) is 5.50. The first kappa shape index (κ1) is 27.1. The third kappa shape index (κ3) is 6.40. The van der Waals surface area contributed by atoms with Gasteiger partial charge in [0.05, 0.1) is 17.8 Å². The smallest absolute Gasteiger partial charge is 0.409 e. The first-order valence-electron chi connectivity index (χ1n) is 14.2. The molecule has 0 spiro atoms. The van der Waals surface area contributed by atoms with E-state index in [1.807, 2.05) is 59.5 Å². The molecule has 39 heavy (non-hydrogen) atoms. The number of nitrogens with one attached hydrogen (secondary N) is 1. The van der Waals surface area contributed by atoms with Gasteiger partial charge in [-0.1, -0.05) is 61.7 Å². The Morgan fingerprint density at radius 3 is 2.56 bits per heavy atom. The summed E-state index contributed by atoms with van der Waals surface area (Å²) in [5.41, 5.74) is 8.95. The molecule has 0 radical (unpaired) electrons. The number of nitrogens with two attached hydrogens (primary N) is 1. The molecule has 8 nitrogen and oxygen atoms in total. The standard InChI is InChI=1S/C31H39N5O3/c1-22(23-10-4-2-5-11-23)33-31(38)39-30-25-14-8-9-15-27(25)34-29(24-12-6-3-7-13-24)26(30)20-35-18-19-36(17-16-32)28(37)21-35/h3,6-9,12-15,22-23H,2,4-5,10-11,16-21,32H2,1H3,(H,33,38)/t22-/m0/s1. The van der Waals surface area contributed by atoms with Crippen LogP contribution in [0.1, 0.15) is 44.6 Å². The lowest BCUT2D eigenvalue weighted by molar-refractivity contribution is -0.136. The van der Waals surface area contributed by atoms with Crippen LogP contribution in [0.15, 0.2) is 54.6 Å². The minimum absolute atomic E-state index is 0.0381. The van der Waals surface area contributed by atoms with Crippen molar-refractivity contribution in [1.29, 1.82) is 0 Å². The third-order valence-electron chi connectivity index (χ3n) is 8.06. The van der Waals surface area contributed by atoms with E-state index in [9.17, 15) is 9.59 Å². The zero-order chi connectivity index (χ0) is 27.2. The predicted octanol–water partition coefficient (Wildman–Crippen LogP) is 4.56. The fraction of sp³-hybridized carbons (Fsp3) is 0.452. The van der Waals surface area contributed by atoms with Crippen molar-refractivity contribution in [3.05, 3.63) is 60.2 Å². The van der Waals surface area contributed by atoms with Gasteiger partial charge in [0.25, 0.3) is 0 Å². The van der Waals surface area contributed by atoms with Gasteiger partial charge in [-0.15, -0.1) is 0 Å². The zero-order valence-corrected chi connectivity index (χ0v) is 22.8. The van der Waals surface area contributed by atoms with E-state index >= 15 is 0 Å². The first-order chi connectivity index (χ1) is 19.0. The number of pyridine rings is 1. The van der Waals surface area contributed by atoms with Crippen LogP contribution in [0.2, 0.25) is 0 Å². The Morgan fingerprint density at radius 2 is 1.82 bits per heavy atom. The summed E-state index contributed by atoms with van der Waals surface area (Å²) in [6.45, 7) is 5.13. The van der Waals surface area contributed by atoms with E-state index in [0.29, 0.717) is 44.4 Å². The number of hydrogen-bond donors (Lipinski definition) is 2. The van der Waals surface area contributed by atoms with Gasteiger partial charge in [-0.3, -0.25) is 9.69 Å².